The Hall–Kier alpha value is -1.76. The number of ether oxygens (including phenoxy) is 1. The maximum Gasteiger partial charge on any atom is 0.127 e. The summed E-state index contributed by atoms with van der Waals surface area (Å²) in [6.45, 7) is 3.10. The minimum Gasteiger partial charge on any atom is -0.493 e. The molecule has 0 heterocycles. The van der Waals surface area contributed by atoms with Crippen molar-refractivity contribution in [1.29, 1.82) is 0 Å². The second-order valence-corrected chi connectivity index (χ2v) is 8.85. The predicted molar refractivity (Wildman–Crippen MR) is 126 cm³/mol. The molecule has 0 amide bonds. The van der Waals surface area contributed by atoms with Crippen LogP contribution in [0.5, 0.6) is 5.75 Å². The molecule has 2 aromatic rings. The highest BCUT2D eigenvalue weighted by Crippen LogP contribution is 2.31. The first-order chi connectivity index (χ1) is 14.4. The maximum atomic E-state index is 6.19. The number of hydrogen-bond acceptors (Lipinski definition) is 1. The van der Waals surface area contributed by atoms with Crippen LogP contribution in [0.3, 0.4) is 0 Å². The first-order valence-corrected chi connectivity index (χ1v) is 12.2. The van der Waals surface area contributed by atoms with E-state index in [1.165, 1.54) is 93.7 Å². The molecule has 1 aliphatic carbocycles. The SMILES string of the molecule is CCCCCCc1ccc(-c2ccccc2OCCCCCC2CCCC2)cc1. The van der Waals surface area contributed by atoms with Crippen LogP contribution in [0.2, 0.25) is 0 Å². The van der Waals surface area contributed by atoms with Crippen molar-refractivity contribution in [2.45, 2.75) is 90.4 Å². The summed E-state index contributed by atoms with van der Waals surface area (Å²) in [5.41, 5.74) is 3.93. The predicted octanol–water partition coefficient (Wildman–Crippen LogP) is 8.61. The van der Waals surface area contributed by atoms with Crippen LogP contribution in [0.1, 0.15) is 89.5 Å². The van der Waals surface area contributed by atoms with E-state index in [4.69, 9.17) is 4.74 Å². The zero-order chi connectivity index (χ0) is 20.2. The van der Waals surface area contributed by atoms with Crippen LogP contribution in [-0.4, -0.2) is 6.61 Å². The van der Waals surface area contributed by atoms with Crippen molar-refractivity contribution in [3.63, 3.8) is 0 Å². The Labute approximate surface area is 178 Å². The Morgan fingerprint density at radius 1 is 0.793 bits per heavy atom. The lowest BCUT2D eigenvalue weighted by Gasteiger charge is -2.13. The first kappa shape index (κ1) is 21.9. The van der Waals surface area contributed by atoms with Gasteiger partial charge in [-0.05, 0) is 42.4 Å². The highest BCUT2D eigenvalue weighted by atomic mass is 16.5. The van der Waals surface area contributed by atoms with Gasteiger partial charge in [0.25, 0.3) is 0 Å². The lowest BCUT2D eigenvalue weighted by molar-refractivity contribution is 0.303. The smallest absolute Gasteiger partial charge is 0.127 e. The molecule has 0 aromatic heterocycles. The molecular weight excluding hydrogens is 352 g/mol. The number of unbranched alkanes of at least 4 members (excludes halogenated alkanes) is 5. The molecule has 0 bridgehead atoms. The Morgan fingerprint density at radius 3 is 2.34 bits per heavy atom. The van der Waals surface area contributed by atoms with Crippen LogP contribution in [0.25, 0.3) is 11.1 Å². The lowest BCUT2D eigenvalue weighted by Crippen LogP contribution is -2.00. The van der Waals surface area contributed by atoms with E-state index in [-0.39, 0.29) is 0 Å². The van der Waals surface area contributed by atoms with Crippen molar-refractivity contribution in [3.8, 4) is 16.9 Å². The highest BCUT2D eigenvalue weighted by Gasteiger charge is 2.14. The summed E-state index contributed by atoms with van der Waals surface area (Å²) in [5.74, 6) is 2.05. The molecule has 1 heteroatoms. The van der Waals surface area contributed by atoms with Gasteiger partial charge in [-0.3, -0.25) is 0 Å². The number of aryl methyl sites for hydroxylation is 1. The van der Waals surface area contributed by atoms with E-state index in [0.29, 0.717) is 0 Å². The number of para-hydroxylation sites is 1. The van der Waals surface area contributed by atoms with Gasteiger partial charge in [0.05, 0.1) is 6.61 Å². The van der Waals surface area contributed by atoms with Crippen LogP contribution in [0.15, 0.2) is 48.5 Å². The fraction of sp³-hybridized carbons (Fsp3) is 0.571. The molecule has 0 saturated heterocycles. The average molecular weight is 393 g/mol. The van der Waals surface area contributed by atoms with E-state index in [1.54, 1.807) is 0 Å². The molecular formula is C28H40O. The van der Waals surface area contributed by atoms with Gasteiger partial charge in [-0.25, -0.2) is 0 Å². The topological polar surface area (TPSA) is 9.23 Å². The second kappa shape index (κ2) is 12.7. The van der Waals surface area contributed by atoms with E-state index in [2.05, 4.69) is 55.5 Å². The van der Waals surface area contributed by atoms with Gasteiger partial charge in [0, 0.05) is 5.56 Å². The molecule has 29 heavy (non-hydrogen) atoms. The van der Waals surface area contributed by atoms with Crippen molar-refractivity contribution < 1.29 is 4.74 Å². The van der Waals surface area contributed by atoms with E-state index in [1.807, 2.05) is 0 Å². The minimum atomic E-state index is 0.831. The van der Waals surface area contributed by atoms with Gasteiger partial charge in [-0.2, -0.15) is 0 Å². The van der Waals surface area contributed by atoms with E-state index < -0.39 is 0 Å². The third-order valence-corrected chi connectivity index (χ3v) is 6.46. The molecule has 2 aromatic carbocycles. The fourth-order valence-corrected chi connectivity index (χ4v) is 4.63. The summed E-state index contributed by atoms with van der Waals surface area (Å²) in [6.07, 6.45) is 17.6. The van der Waals surface area contributed by atoms with Crippen LogP contribution >= 0.6 is 0 Å². The molecule has 0 atom stereocenters. The third-order valence-electron chi connectivity index (χ3n) is 6.46. The van der Waals surface area contributed by atoms with Crippen molar-refractivity contribution in [1.82, 2.24) is 0 Å². The van der Waals surface area contributed by atoms with Gasteiger partial charge in [0.1, 0.15) is 5.75 Å². The van der Waals surface area contributed by atoms with Gasteiger partial charge < -0.3 is 4.74 Å². The largest absolute Gasteiger partial charge is 0.493 e. The quantitative estimate of drug-likeness (QED) is 0.310. The number of benzene rings is 2. The summed E-state index contributed by atoms with van der Waals surface area (Å²) in [5, 5.41) is 0. The van der Waals surface area contributed by atoms with E-state index >= 15 is 0 Å². The van der Waals surface area contributed by atoms with Crippen LogP contribution in [-0.2, 0) is 6.42 Å². The monoisotopic (exact) mass is 392 g/mol. The van der Waals surface area contributed by atoms with Crippen molar-refractivity contribution in [2.24, 2.45) is 5.92 Å². The number of rotatable bonds is 13. The molecule has 0 unspecified atom stereocenters. The van der Waals surface area contributed by atoms with Gasteiger partial charge in [-0.15, -0.1) is 0 Å². The van der Waals surface area contributed by atoms with Crippen molar-refractivity contribution in [3.05, 3.63) is 54.1 Å². The molecule has 0 radical (unpaired) electrons. The summed E-state index contributed by atoms with van der Waals surface area (Å²) in [7, 11) is 0. The second-order valence-electron chi connectivity index (χ2n) is 8.85. The van der Waals surface area contributed by atoms with Crippen LogP contribution in [0.4, 0.5) is 0 Å². The standard InChI is InChI=1S/C28H40O/c1-2-3-4-6-14-25-19-21-26(22-20-25)27-17-10-11-18-28(27)29-23-12-5-7-13-24-15-8-9-16-24/h10-11,17-22,24H,2-9,12-16,23H2,1H3. The minimum absolute atomic E-state index is 0.831. The normalized spacial score (nSPS) is 14.4. The molecule has 1 saturated carbocycles. The molecule has 158 valence electrons. The van der Waals surface area contributed by atoms with Gasteiger partial charge in [0.2, 0.25) is 0 Å². The van der Waals surface area contributed by atoms with Gasteiger partial charge in [-0.1, -0.05) is 114 Å². The van der Waals surface area contributed by atoms with E-state index in [9.17, 15) is 0 Å². The maximum absolute atomic E-state index is 6.19. The summed E-state index contributed by atoms with van der Waals surface area (Å²) < 4.78 is 6.19. The lowest BCUT2D eigenvalue weighted by atomic mass is 10.00. The number of hydrogen-bond donors (Lipinski definition) is 0. The Balaban J connectivity index is 1.44. The molecule has 0 aliphatic heterocycles. The Bertz CT molecular complexity index is 682. The fourth-order valence-electron chi connectivity index (χ4n) is 4.63. The molecule has 1 nitrogen and oxygen atoms in total. The summed E-state index contributed by atoms with van der Waals surface area (Å²) in [6, 6.07) is 17.6. The van der Waals surface area contributed by atoms with Crippen LogP contribution < -0.4 is 4.74 Å². The molecule has 1 fully saturated rings. The van der Waals surface area contributed by atoms with Crippen molar-refractivity contribution in [2.75, 3.05) is 6.61 Å². The average Bonchev–Trinajstić information content (AvgIpc) is 3.28. The Morgan fingerprint density at radius 2 is 1.55 bits per heavy atom. The van der Waals surface area contributed by atoms with E-state index in [0.717, 1.165) is 24.7 Å². The molecule has 0 N–H and O–H groups in total. The first-order valence-electron chi connectivity index (χ1n) is 12.2. The molecule has 1 aliphatic rings. The van der Waals surface area contributed by atoms with Gasteiger partial charge in [0.15, 0.2) is 0 Å². The zero-order valence-electron chi connectivity index (χ0n) is 18.5. The zero-order valence-corrected chi connectivity index (χ0v) is 18.5. The van der Waals surface area contributed by atoms with Crippen molar-refractivity contribution >= 4 is 0 Å². The summed E-state index contributed by atoms with van der Waals surface area (Å²) in [4.78, 5) is 0. The molecule has 3 rings (SSSR count). The highest BCUT2D eigenvalue weighted by molar-refractivity contribution is 5.70. The van der Waals surface area contributed by atoms with Gasteiger partial charge >= 0.3 is 0 Å². The summed E-state index contributed by atoms with van der Waals surface area (Å²) >= 11 is 0. The Kier molecular flexibility index (Phi) is 9.63. The molecule has 0 spiro atoms. The van der Waals surface area contributed by atoms with Crippen LogP contribution in [0, 0.1) is 5.92 Å². The third kappa shape index (κ3) is 7.53.